The molecule has 2 N–H and O–H groups in total. The van der Waals surface area contributed by atoms with Crippen LogP contribution in [0.1, 0.15) is 19.3 Å². The Bertz CT molecular complexity index is 349. The summed E-state index contributed by atoms with van der Waals surface area (Å²) in [5.41, 5.74) is 5.75. The van der Waals surface area contributed by atoms with E-state index in [0.29, 0.717) is 16.7 Å². The average molecular weight is 294 g/mol. The van der Waals surface area contributed by atoms with Crippen molar-refractivity contribution >= 4 is 35.8 Å². The normalized spacial score (nSPS) is 12.5. The monoisotopic (exact) mass is 293 g/mol. The van der Waals surface area contributed by atoms with Crippen LogP contribution >= 0.6 is 35.8 Å². The zero-order valence-electron chi connectivity index (χ0n) is 9.53. The maximum Gasteiger partial charge on any atom is 0.120 e. The molecule has 0 aliphatic heterocycles. The molecule has 0 saturated carbocycles. The van der Waals surface area contributed by atoms with Crippen molar-refractivity contribution in [2.24, 2.45) is 5.73 Å². The average Bonchev–Trinajstić information content (AvgIpc) is 2.33. The van der Waals surface area contributed by atoms with Gasteiger partial charge in [0.1, 0.15) is 5.75 Å². The van der Waals surface area contributed by atoms with E-state index in [1.165, 1.54) is 0 Å². The van der Waals surface area contributed by atoms with Crippen molar-refractivity contribution in [1.82, 2.24) is 0 Å². The lowest BCUT2D eigenvalue weighted by Crippen LogP contribution is -2.21. The number of halogens is 2. The predicted octanol–water partition coefficient (Wildman–Crippen LogP) is 3.80. The molecular formula is C12H17Cl2NOS. The van der Waals surface area contributed by atoms with Gasteiger partial charge in [-0.3, -0.25) is 0 Å². The standard InChI is InChI=1S/C12H17Cl2NOS/c13-11-5-4-10(7-12(11)14)16-6-2-1-3-9(15)8-17/h4-5,7,9,17H,1-3,6,8,15H2/t9-/m1/s1. The summed E-state index contributed by atoms with van der Waals surface area (Å²) in [4.78, 5) is 0. The fourth-order valence-corrected chi connectivity index (χ4v) is 1.83. The minimum Gasteiger partial charge on any atom is -0.494 e. The molecule has 0 aliphatic carbocycles. The van der Waals surface area contributed by atoms with E-state index >= 15 is 0 Å². The van der Waals surface area contributed by atoms with Gasteiger partial charge in [0.2, 0.25) is 0 Å². The van der Waals surface area contributed by atoms with Gasteiger partial charge in [-0.15, -0.1) is 0 Å². The largest absolute Gasteiger partial charge is 0.494 e. The summed E-state index contributed by atoms with van der Waals surface area (Å²) >= 11 is 15.8. The first kappa shape index (κ1) is 15.0. The van der Waals surface area contributed by atoms with Gasteiger partial charge in [-0.2, -0.15) is 12.6 Å². The predicted molar refractivity (Wildman–Crippen MR) is 77.6 cm³/mol. The number of rotatable bonds is 7. The Kier molecular flexibility index (Phi) is 7.12. The maximum absolute atomic E-state index is 5.88. The Morgan fingerprint density at radius 2 is 2.00 bits per heavy atom. The molecule has 0 aliphatic rings. The molecule has 0 saturated heterocycles. The van der Waals surface area contributed by atoms with Crippen molar-refractivity contribution < 1.29 is 4.74 Å². The van der Waals surface area contributed by atoms with E-state index in [4.69, 9.17) is 33.7 Å². The minimum absolute atomic E-state index is 0.184. The van der Waals surface area contributed by atoms with Gasteiger partial charge in [-0.05, 0) is 31.4 Å². The van der Waals surface area contributed by atoms with E-state index in [1.807, 2.05) is 6.07 Å². The summed E-state index contributed by atoms with van der Waals surface area (Å²) in [5, 5.41) is 1.06. The van der Waals surface area contributed by atoms with Crippen molar-refractivity contribution in [1.29, 1.82) is 0 Å². The van der Waals surface area contributed by atoms with Gasteiger partial charge >= 0.3 is 0 Å². The van der Waals surface area contributed by atoms with Crippen LogP contribution in [0, 0.1) is 0 Å². The highest BCUT2D eigenvalue weighted by atomic mass is 35.5. The second-order valence-electron chi connectivity index (χ2n) is 3.86. The van der Waals surface area contributed by atoms with Gasteiger partial charge < -0.3 is 10.5 Å². The number of hydrogen-bond donors (Lipinski definition) is 2. The molecule has 0 heterocycles. The topological polar surface area (TPSA) is 35.2 Å². The second-order valence-corrected chi connectivity index (χ2v) is 5.04. The summed E-state index contributed by atoms with van der Waals surface area (Å²) in [5.74, 6) is 1.48. The summed E-state index contributed by atoms with van der Waals surface area (Å²) in [6, 6.07) is 5.45. The SMILES string of the molecule is N[C@@H](CS)CCCCOc1ccc(Cl)c(Cl)c1. The van der Waals surface area contributed by atoms with E-state index in [0.717, 1.165) is 30.8 Å². The quantitative estimate of drug-likeness (QED) is 0.592. The molecule has 0 fully saturated rings. The van der Waals surface area contributed by atoms with E-state index in [1.54, 1.807) is 12.1 Å². The molecule has 1 rings (SSSR count). The van der Waals surface area contributed by atoms with Crippen LogP contribution in [0.3, 0.4) is 0 Å². The molecule has 0 amide bonds. The Labute approximate surface area is 118 Å². The lowest BCUT2D eigenvalue weighted by molar-refractivity contribution is 0.304. The van der Waals surface area contributed by atoms with Crippen molar-refractivity contribution in [3.63, 3.8) is 0 Å². The van der Waals surface area contributed by atoms with E-state index in [-0.39, 0.29) is 6.04 Å². The molecule has 2 nitrogen and oxygen atoms in total. The molecule has 1 aromatic carbocycles. The number of ether oxygens (including phenoxy) is 1. The van der Waals surface area contributed by atoms with Crippen molar-refractivity contribution in [2.45, 2.75) is 25.3 Å². The zero-order valence-corrected chi connectivity index (χ0v) is 11.9. The molecule has 0 spiro atoms. The minimum atomic E-state index is 0.184. The van der Waals surface area contributed by atoms with Crippen LogP contribution in [0.15, 0.2) is 18.2 Å². The number of thiol groups is 1. The highest BCUT2D eigenvalue weighted by Gasteiger charge is 2.01. The van der Waals surface area contributed by atoms with Crippen molar-refractivity contribution in [3.8, 4) is 5.75 Å². The summed E-state index contributed by atoms with van der Waals surface area (Å²) in [6.07, 6.45) is 3.00. The first-order valence-corrected chi connectivity index (χ1v) is 6.96. The Balaban J connectivity index is 2.20. The van der Waals surface area contributed by atoms with Crippen LogP contribution in [0.25, 0.3) is 0 Å². The third kappa shape index (κ3) is 5.87. The van der Waals surface area contributed by atoms with Gasteiger partial charge in [0.25, 0.3) is 0 Å². The fourth-order valence-electron chi connectivity index (χ4n) is 1.36. The van der Waals surface area contributed by atoms with E-state index in [9.17, 15) is 0 Å². The fraction of sp³-hybridized carbons (Fsp3) is 0.500. The molecular weight excluding hydrogens is 277 g/mol. The van der Waals surface area contributed by atoms with E-state index in [2.05, 4.69) is 12.6 Å². The third-order valence-corrected chi connectivity index (χ3v) is 3.57. The Morgan fingerprint density at radius 1 is 1.24 bits per heavy atom. The molecule has 17 heavy (non-hydrogen) atoms. The Hall–Kier alpha value is -0.0900. The lowest BCUT2D eigenvalue weighted by atomic mass is 10.1. The van der Waals surface area contributed by atoms with Gasteiger partial charge in [0, 0.05) is 17.9 Å². The van der Waals surface area contributed by atoms with Crippen LogP contribution in [-0.4, -0.2) is 18.4 Å². The zero-order chi connectivity index (χ0) is 12.7. The van der Waals surface area contributed by atoms with Crippen LogP contribution in [-0.2, 0) is 0 Å². The Morgan fingerprint density at radius 3 is 2.65 bits per heavy atom. The summed E-state index contributed by atoms with van der Waals surface area (Å²) < 4.78 is 5.55. The highest BCUT2D eigenvalue weighted by molar-refractivity contribution is 7.80. The maximum atomic E-state index is 5.88. The van der Waals surface area contributed by atoms with Crippen molar-refractivity contribution in [2.75, 3.05) is 12.4 Å². The molecule has 0 radical (unpaired) electrons. The first-order valence-electron chi connectivity index (χ1n) is 5.57. The van der Waals surface area contributed by atoms with Crippen LogP contribution in [0.2, 0.25) is 10.0 Å². The molecule has 1 aromatic rings. The summed E-state index contributed by atoms with van der Waals surface area (Å²) in [7, 11) is 0. The van der Waals surface area contributed by atoms with Gasteiger partial charge in [0.05, 0.1) is 16.7 Å². The number of benzene rings is 1. The highest BCUT2D eigenvalue weighted by Crippen LogP contribution is 2.26. The first-order chi connectivity index (χ1) is 8.13. The molecule has 5 heteroatoms. The smallest absolute Gasteiger partial charge is 0.120 e. The molecule has 0 unspecified atom stereocenters. The van der Waals surface area contributed by atoms with Gasteiger partial charge in [-0.1, -0.05) is 23.2 Å². The van der Waals surface area contributed by atoms with Crippen LogP contribution in [0.5, 0.6) is 5.75 Å². The number of nitrogens with two attached hydrogens (primary N) is 1. The van der Waals surface area contributed by atoms with Gasteiger partial charge in [-0.25, -0.2) is 0 Å². The van der Waals surface area contributed by atoms with Crippen molar-refractivity contribution in [3.05, 3.63) is 28.2 Å². The van der Waals surface area contributed by atoms with Crippen LogP contribution in [0.4, 0.5) is 0 Å². The molecule has 96 valence electrons. The molecule has 1 atom stereocenters. The van der Waals surface area contributed by atoms with Gasteiger partial charge in [0.15, 0.2) is 0 Å². The van der Waals surface area contributed by atoms with Crippen LogP contribution < -0.4 is 10.5 Å². The lowest BCUT2D eigenvalue weighted by Gasteiger charge is -2.09. The molecule has 0 bridgehead atoms. The number of hydrogen-bond acceptors (Lipinski definition) is 3. The summed E-state index contributed by atoms with van der Waals surface area (Å²) in [6.45, 7) is 0.664. The number of unbranched alkanes of at least 4 members (excludes halogenated alkanes) is 1. The molecule has 0 aromatic heterocycles. The van der Waals surface area contributed by atoms with E-state index < -0.39 is 0 Å². The third-order valence-electron chi connectivity index (χ3n) is 2.36. The second kappa shape index (κ2) is 8.09.